The van der Waals surface area contributed by atoms with Crippen molar-refractivity contribution in [2.24, 2.45) is 5.73 Å². The van der Waals surface area contributed by atoms with Gasteiger partial charge in [-0.3, -0.25) is 0 Å². The van der Waals surface area contributed by atoms with Gasteiger partial charge in [0.25, 0.3) is 0 Å². The van der Waals surface area contributed by atoms with Crippen molar-refractivity contribution in [1.29, 1.82) is 0 Å². The van der Waals surface area contributed by atoms with Crippen LogP contribution in [0.2, 0.25) is 0 Å². The van der Waals surface area contributed by atoms with E-state index in [4.69, 9.17) is 10.5 Å². The van der Waals surface area contributed by atoms with Crippen LogP contribution >= 0.6 is 0 Å². The summed E-state index contributed by atoms with van der Waals surface area (Å²) in [5, 5.41) is 10.2. The molecule has 0 radical (unpaired) electrons. The summed E-state index contributed by atoms with van der Waals surface area (Å²) >= 11 is 0. The van der Waals surface area contributed by atoms with E-state index in [2.05, 4.69) is 0 Å². The summed E-state index contributed by atoms with van der Waals surface area (Å²) in [5.41, 5.74) is 5.36. The monoisotopic (exact) mass is 209 g/mol. The third kappa shape index (κ3) is 2.94. The zero-order valence-corrected chi connectivity index (χ0v) is 9.36. The summed E-state index contributed by atoms with van der Waals surface area (Å²) in [7, 11) is 0. The highest BCUT2D eigenvalue weighted by atomic mass is 16.5. The average molecular weight is 209 g/mol. The molecule has 3 nitrogen and oxygen atoms in total. The molecule has 0 heterocycles. The minimum absolute atomic E-state index is 0.452. The number of hydrogen-bond acceptors (Lipinski definition) is 3. The van der Waals surface area contributed by atoms with Gasteiger partial charge < -0.3 is 15.6 Å². The van der Waals surface area contributed by atoms with Gasteiger partial charge in [-0.2, -0.15) is 0 Å². The molecule has 0 aromatic heterocycles. The van der Waals surface area contributed by atoms with Gasteiger partial charge in [-0.05, 0) is 32.9 Å². The van der Waals surface area contributed by atoms with Crippen molar-refractivity contribution in [3.8, 4) is 5.75 Å². The molecule has 0 aliphatic rings. The van der Waals surface area contributed by atoms with Gasteiger partial charge in [0.1, 0.15) is 5.75 Å². The van der Waals surface area contributed by atoms with Crippen molar-refractivity contribution in [2.75, 3.05) is 13.2 Å². The zero-order chi connectivity index (χ0) is 11.3. The number of hydrogen-bond donors (Lipinski definition) is 2. The van der Waals surface area contributed by atoms with Gasteiger partial charge in [0.05, 0.1) is 12.2 Å². The Bertz CT molecular complexity index is 310. The molecule has 1 aromatic carbocycles. The molecule has 3 N–H and O–H groups in total. The van der Waals surface area contributed by atoms with Crippen molar-refractivity contribution in [3.05, 3.63) is 29.8 Å². The lowest BCUT2D eigenvalue weighted by atomic mass is 9.92. The molecule has 0 amide bonds. The van der Waals surface area contributed by atoms with Crippen LogP contribution in [-0.2, 0) is 5.60 Å². The van der Waals surface area contributed by atoms with Crippen molar-refractivity contribution >= 4 is 0 Å². The maximum Gasteiger partial charge on any atom is 0.125 e. The van der Waals surface area contributed by atoms with Crippen molar-refractivity contribution in [3.63, 3.8) is 0 Å². The second kappa shape index (κ2) is 5.14. The number of benzene rings is 1. The molecule has 0 fully saturated rings. The molecule has 84 valence electrons. The molecule has 1 aromatic rings. The largest absolute Gasteiger partial charge is 0.493 e. The molecule has 0 saturated carbocycles. The summed E-state index contributed by atoms with van der Waals surface area (Å²) in [4.78, 5) is 0. The first kappa shape index (κ1) is 12.0. The molecule has 0 aliphatic carbocycles. The predicted octanol–water partition coefficient (Wildman–Crippen LogP) is 1.64. The molecule has 1 unspecified atom stereocenters. The van der Waals surface area contributed by atoms with Gasteiger partial charge >= 0.3 is 0 Å². The van der Waals surface area contributed by atoms with Gasteiger partial charge in [0, 0.05) is 5.56 Å². The fraction of sp³-hybridized carbons (Fsp3) is 0.500. The Kier molecular flexibility index (Phi) is 4.12. The molecular formula is C12H19NO2. The van der Waals surface area contributed by atoms with Crippen LogP contribution in [0.3, 0.4) is 0 Å². The lowest BCUT2D eigenvalue weighted by Gasteiger charge is -2.25. The summed E-state index contributed by atoms with van der Waals surface area (Å²) < 4.78 is 5.47. The van der Waals surface area contributed by atoms with E-state index >= 15 is 0 Å². The predicted molar refractivity (Wildman–Crippen MR) is 60.9 cm³/mol. The van der Waals surface area contributed by atoms with Crippen LogP contribution in [0.25, 0.3) is 0 Å². The third-order valence-corrected chi connectivity index (χ3v) is 2.40. The van der Waals surface area contributed by atoms with Crippen molar-refractivity contribution in [2.45, 2.75) is 25.9 Å². The molecule has 1 atom stereocenters. The normalized spacial score (nSPS) is 14.7. The highest BCUT2D eigenvalue weighted by Gasteiger charge is 2.25. The lowest BCUT2D eigenvalue weighted by Crippen LogP contribution is -2.25. The van der Waals surface area contributed by atoms with E-state index in [0.717, 1.165) is 11.3 Å². The van der Waals surface area contributed by atoms with Crippen LogP contribution in [0.15, 0.2) is 24.3 Å². The maximum absolute atomic E-state index is 10.2. The van der Waals surface area contributed by atoms with Gasteiger partial charge in [-0.15, -0.1) is 0 Å². The summed E-state index contributed by atoms with van der Waals surface area (Å²) in [6, 6.07) is 7.53. The zero-order valence-electron chi connectivity index (χ0n) is 9.36. The number of para-hydroxylation sites is 1. The molecule has 1 rings (SSSR count). The van der Waals surface area contributed by atoms with Crippen LogP contribution in [0.1, 0.15) is 25.8 Å². The quantitative estimate of drug-likeness (QED) is 0.775. The molecule has 15 heavy (non-hydrogen) atoms. The minimum atomic E-state index is -0.916. The SMILES string of the molecule is CCOc1ccccc1C(C)(O)CCN. The Labute approximate surface area is 90.9 Å². The van der Waals surface area contributed by atoms with E-state index in [0.29, 0.717) is 19.6 Å². The standard InChI is InChI=1S/C12H19NO2/c1-3-15-11-7-5-4-6-10(11)12(2,14)8-9-13/h4-7,14H,3,8-9,13H2,1-2H3. The highest BCUT2D eigenvalue weighted by Crippen LogP contribution is 2.31. The Balaban J connectivity index is 3.00. The Hall–Kier alpha value is -1.06. The fourth-order valence-corrected chi connectivity index (χ4v) is 1.61. The van der Waals surface area contributed by atoms with E-state index < -0.39 is 5.60 Å². The van der Waals surface area contributed by atoms with E-state index in [9.17, 15) is 5.11 Å². The first-order chi connectivity index (χ1) is 7.11. The van der Waals surface area contributed by atoms with Gasteiger partial charge in [0.15, 0.2) is 0 Å². The van der Waals surface area contributed by atoms with Crippen LogP contribution in [0.5, 0.6) is 5.75 Å². The molecule has 0 spiro atoms. The van der Waals surface area contributed by atoms with E-state index in [1.807, 2.05) is 31.2 Å². The van der Waals surface area contributed by atoms with Crippen LogP contribution in [0, 0.1) is 0 Å². The smallest absolute Gasteiger partial charge is 0.125 e. The van der Waals surface area contributed by atoms with Crippen LogP contribution in [0.4, 0.5) is 0 Å². The topological polar surface area (TPSA) is 55.5 Å². The minimum Gasteiger partial charge on any atom is -0.493 e. The number of aliphatic hydroxyl groups is 1. The molecule has 0 bridgehead atoms. The van der Waals surface area contributed by atoms with E-state index in [1.165, 1.54) is 0 Å². The van der Waals surface area contributed by atoms with Gasteiger partial charge in [-0.1, -0.05) is 18.2 Å². The van der Waals surface area contributed by atoms with Gasteiger partial charge in [-0.25, -0.2) is 0 Å². The Morgan fingerprint density at radius 3 is 2.67 bits per heavy atom. The second-order valence-electron chi connectivity index (χ2n) is 3.74. The van der Waals surface area contributed by atoms with Crippen molar-refractivity contribution < 1.29 is 9.84 Å². The van der Waals surface area contributed by atoms with E-state index in [1.54, 1.807) is 6.92 Å². The fourth-order valence-electron chi connectivity index (χ4n) is 1.61. The molecule has 0 saturated heterocycles. The first-order valence-corrected chi connectivity index (χ1v) is 5.26. The average Bonchev–Trinajstić information content (AvgIpc) is 2.19. The van der Waals surface area contributed by atoms with E-state index in [-0.39, 0.29) is 0 Å². The second-order valence-corrected chi connectivity index (χ2v) is 3.74. The number of ether oxygens (including phenoxy) is 1. The van der Waals surface area contributed by atoms with Crippen molar-refractivity contribution in [1.82, 2.24) is 0 Å². The summed E-state index contributed by atoms with van der Waals surface area (Å²) in [6.45, 7) is 4.73. The summed E-state index contributed by atoms with van der Waals surface area (Å²) in [6.07, 6.45) is 0.525. The first-order valence-electron chi connectivity index (χ1n) is 5.26. The maximum atomic E-state index is 10.2. The Morgan fingerprint density at radius 1 is 1.40 bits per heavy atom. The third-order valence-electron chi connectivity index (χ3n) is 2.40. The van der Waals surface area contributed by atoms with Gasteiger partial charge in [0.2, 0.25) is 0 Å². The van der Waals surface area contributed by atoms with Crippen LogP contribution < -0.4 is 10.5 Å². The lowest BCUT2D eigenvalue weighted by molar-refractivity contribution is 0.0473. The summed E-state index contributed by atoms with van der Waals surface area (Å²) in [5.74, 6) is 0.735. The van der Waals surface area contributed by atoms with Crippen LogP contribution in [-0.4, -0.2) is 18.3 Å². The number of rotatable bonds is 5. The molecule has 0 aliphatic heterocycles. The molecular weight excluding hydrogens is 190 g/mol. The molecule has 3 heteroatoms. The number of nitrogens with two attached hydrogens (primary N) is 1. The Morgan fingerprint density at radius 2 is 2.07 bits per heavy atom. The highest BCUT2D eigenvalue weighted by molar-refractivity contribution is 5.37.